The fourth-order valence-corrected chi connectivity index (χ4v) is 3.56. The lowest BCUT2D eigenvalue weighted by Gasteiger charge is -2.32. The van der Waals surface area contributed by atoms with E-state index < -0.39 is 0 Å². The van der Waals surface area contributed by atoms with E-state index in [0.29, 0.717) is 24.4 Å². The quantitative estimate of drug-likeness (QED) is 0.811. The normalized spacial score (nSPS) is 18.4. The maximum atomic E-state index is 12.1. The number of ether oxygens (including phenoxy) is 1. The molecule has 0 unspecified atom stereocenters. The van der Waals surface area contributed by atoms with Gasteiger partial charge in [-0.2, -0.15) is 0 Å². The van der Waals surface area contributed by atoms with E-state index in [1.807, 2.05) is 23.7 Å². The van der Waals surface area contributed by atoms with Gasteiger partial charge in [-0.3, -0.25) is 9.69 Å². The molecule has 144 valence electrons. The highest BCUT2D eigenvalue weighted by atomic mass is 16.5. The molecule has 0 atom stereocenters. The highest BCUT2D eigenvalue weighted by molar-refractivity contribution is 5.92. The van der Waals surface area contributed by atoms with Crippen molar-refractivity contribution in [3.8, 4) is 5.75 Å². The molecule has 0 spiro atoms. The van der Waals surface area contributed by atoms with Crippen molar-refractivity contribution in [2.75, 3.05) is 19.7 Å². The minimum atomic E-state index is -0.103. The lowest BCUT2D eigenvalue weighted by molar-refractivity contribution is 0.0946. The average Bonchev–Trinajstić information content (AvgIpc) is 3.36. The van der Waals surface area contributed by atoms with Crippen molar-refractivity contribution in [1.82, 2.24) is 25.2 Å². The van der Waals surface area contributed by atoms with E-state index in [2.05, 4.69) is 32.7 Å². The predicted octanol–water partition coefficient (Wildman–Crippen LogP) is 2.41. The van der Waals surface area contributed by atoms with Gasteiger partial charge in [-0.25, -0.2) is 4.68 Å². The fourth-order valence-electron chi connectivity index (χ4n) is 3.56. The monoisotopic (exact) mass is 369 g/mol. The van der Waals surface area contributed by atoms with E-state index in [1.165, 1.54) is 5.56 Å². The van der Waals surface area contributed by atoms with Crippen LogP contribution < -0.4 is 10.1 Å². The van der Waals surface area contributed by atoms with Crippen LogP contribution in [0.1, 0.15) is 54.7 Å². The molecule has 2 aromatic rings. The van der Waals surface area contributed by atoms with Gasteiger partial charge in [0.1, 0.15) is 5.75 Å². The average molecular weight is 369 g/mol. The summed E-state index contributed by atoms with van der Waals surface area (Å²) in [5, 5.41) is 11.2. The smallest absolute Gasteiger partial charge is 0.273 e. The van der Waals surface area contributed by atoms with E-state index in [0.717, 1.165) is 51.1 Å². The molecule has 2 fully saturated rings. The zero-order valence-corrected chi connectivity index (χ0v) is 15.8. The van der Waals surface area contributed by atoms with Gasteiger partial charge in [0.2, 0.25) is 0 Å². The molecule has 1 N–H and O–H groups in total. The van der Waals surface area contributed by atoms with Crippen LogP contribution in [0.4, 0.5) is 0 Å². The summed E-state index contributed by atoms with van der Waals surface area (Å²) in [5.74, 6) is 0.874. The van der Waals surface area contributed by atoms with Gasteiger partial charge in [0.25, 0.3) is 5.91 Å². The van der Waals surface area contributed by atoms with E-state index in [9.17, 15) is 4.79 Å². The Hall–Kier alpha value is -2.41. The van der Waals surface area contributed by atoms with Crippen LogP contribution in [0.2, 0.25) is 0 Å². The molecular weight excluding hydrogens is 342 g/mol. The number of aromatic nitrogens is 3. The predicted molar refractivity (Wildman–Crippen MR) is 102 cm³/mol. The van der Waals surface area contributed by atoms with Crippen LogP contribution in [0, 0.1) is 0 Å². The molecule has 7 nitrogen and oxygen atoms in total. The minimum Gasteiger partial charge on any atom is -0.494 e. The molecule has 27 heavy (non-hydrogen) atoms. The summed E-state index contributed by atoms with van der Waals surface area (Å²) in [5.41, 5.74) is 1.66. The molecule has 7 heteroatoms. The Morgan fingerprint density at radius 1 is 1.22 bits per heavy atom. The second-order valence-electron chi connectivity index (χ2n) is 7.38. The van der Waals surface area contributed by atoms with E-state index in [-0.39, 0.29) is 5.91 Å². The van der Waals surface area contributed by atoms with Gasteiger partial charge in [-0.1, -0.05) is 23.4 Å². The van der Waals surface area contributed by atoms with Crippen molar-refractivity contribution >= 4 is 5.91 Å². The summed E-state index contributed by atoms with van der Waals surface area (Å²) in [6.07, 6.45) is 5.95. The molecule has 2 aliphatic rings. The third kappa shape index (κ3) is 4.47. The molecule has 0 radical (unpaired) electrons. The Morgan fingerprint density at radius 3 is 2.74 bits per heavy atom. The molecule has 1 aliphatic heterocycles. The van der Waals surface area contributed by atoms with Crippen LogP contribution in [0.15, 0.2) is 30.5 Å². The lowest BCUT2D eigenvalue weighted by Crippen LogP contribution is -2.34. The molecule has 1 aliphatic carbocycles. The molecule has 1 saturated heterocycles. The lowest BCUT2D eigenvalue weighted by atomic mass is 10.0. The van der Waals surface area contributed by atoms with Gasteiger partial charge in [-0.05, 0) is 38.7 Å². The van der Waals surface area contributed by atoms with Gasteiger partial charge in [0.15, 0.2) is 5.69 Å². The summed E-state index contributed by atoms with van der Waals surface area (Å²) in [4.78, 5) is 14.5. The number of carbonyl (C=O) groups is 1. The Balaban J connectivity index is 1.31. The molecule has 1 aromatic heterocycles. The number of para-hydroxylation sites is 1. The van der Waals surface area contributed by atoms with Crippen LogP contribution in [-0.2, 0) is 6.54 Å². The number of amides is 1. The molecule has 1 saturated carbocycles. The molecule has 2 heterocycles. The summed E-state index contributed by atoms with van der Waals surface area (Å²) < 4.78 is 7.61. The van der Waals surface area contributed by atoms with Crippen LogP contribution in [-0.4, -0.2) is 51.5 Å². The summed E-state index contributed by atoms with van der Waals surface area (Å²) >= 11 is 0. The van der Waals surface area contributed by atoms with E-state index in [1.54, 1.807) is 6.20 Å². The summed E-state index contributed by atoms with van der Waals surface area (Å²) in [6, 6.07) is 8.90. The number of hydrogen-bond donors (Lipinski definition) is 1. The number of piperidine rings is 1. The second-order valence-corrected chi connectivity index (χ2v) is 7.38. The van der Waals surface area contributed by atoms with Crippen molar-refractivity contribution in [2.24, 2.45) is 0 Å². The maximum absolute atomic E-state index is 12.1. The number of carbonyl (C=O) groups excluding carboxylic acids is 1. The Bertz CT molecular complexity index is 778. The second kappa shape index (κ2) is 8.08. The highest BCUT2D eigenvalue weighted by Crippen LogP contribution is 2.26. The molecule has 4 rings (SSSR count). The number of hydrogen-bond acceptors (Lipinski definition) is 5. The van der Waals surface area contributed by atoms with E-state index in [4.69, 9.17) is 4.74 Å². The number of nitrogens with one attached hydrogen (secondary N) is 1. The maximum Gasteiger partial charge on any atom is 0.273 e. The minimum absolute atomic E-state index is 0.103. The first-order valence-corrected chi connectivity index (χ1v) is 9.88. The summed E-state index contributed by atoms with van der Waals surface area (Å²) in [7, 11) is 0. The van der Waals surface area contributed by atoms with Crippen LogP contribution in [0.5, 0.6) is 5.75 Å². The number of likely N-dealkylation sites (tertiary alicyclic amines) is 1. The first-order chi connectivity index (χ1) is 13.2. The van der Waals surface area contributed by atoms with Crippen molar-refractivity contribution in [2.45, 2.75) is 51.2 Å². The van der Waals surface area contributed by atoms with Crippen molar-refractivity contribution in [3.63, 3.8) is 0 Å². The number of nitrogens with zero attached hydrogens (tertiary/aromatic N) is 4. The molecule has 1 amide bonds. The van der Waals surface area contributed by atoms with Gasteiger partial charge in [0.05, 0.1) is 18.8 Å². The zero-order valence-electron chi connectivity index (χ0n) is 15.8. The summed E-state index contributed by atoms with van der Waals surface area (Å²) in [6.45, 7) is 5.58. The molecule has 0 bridgehead atoms. The third-order valence-electron chi connectivity index (χ3n) is 5.25. The standard InChI is InChI=1S/C20H27N5O2/c1-2-27-19-6-4-3-5-15(19)13-24-11-9-17(10-12-24)25-14-18(22-23-25)20(26)21-16-7-8-16/h3-6,14,16-17H,2,7-13H2,1H3,(H,21,26). The van der Waals surface area contributed by atoms with Crippen LogP contribution >= 0.6 is 0 Å². The Kier molecular flexibility index (Phi) is 5.38. The largest absolute Gasteiger partial charge is 0.494 e. The van der Waals surface area contributed by atoms with Crippen LogP contribution in [0.3, 0.4) is 0 Å². The Labute approximate surface area is 159 Å². The zero-order chi connectivity index (χ0) is 18.6. The van der Waals surface area contributed by atoms with Gasteiger partial charge < -0.3 is 10.1 Å². The van der Waals surface area contributed by atoms with Crippen molar-refractivity contribution in [1.29, 1.82) is 0 Å². The first kappa shape index (κ1) is 18.0. The molecular formula is C20H27N5O2. The SMILES string of the molecule is CCOc1ccccc1CN1CCC(n2cc(C(=O)NC3CC3)nn2)CC1. The number of rotatable bonds is 7. The van der Waals surface area contributed by atoms with Gasteiger partial charge in [0, 0.05) is 31.2 Å². The number of benzene rings is 1. The third-order valence-corrected chi connectivity index (χ3v) is 5.25. The molecule has 1 aromatic carbocycles. The van der Waals surface area contributed by atoms with Gasteiger partial charge in [-0.15, -0.1) is 5.10 Å². The van der Waals surface area contributed by atoms with Gasteiger partial charge >= 0.3 is 0 Å². The van der Waals surface area contributed by atoms with Crippen LogP contribution in [0.25, 0.3) is 0 Å². The van der Waals surface area contributed by atoms with E-state index >= 15 is 0 Å². The van der Waals surface area contributed by atoms with Crippen molar-refractivity contribution < 1.29 is 9.53 Å². The first-order valence-electron chi connectivity index (χ1n) is 9.88. The fraction of sp³-hybridized carbons (Fsp3) is 0.550. The topological polar surface area (TPSA) is 72.3 Å². The Morgan fingerprint density at radius 2 is 2.00 bits per heavy atom. The van der Waals surface area contributed by atoms with Crippen molar-refractivity contribution in [3.05, 3.63) is 41.7 Å². The highest BCUT2D eigenvalue weighted by Gasteiger charge is 2.26.